The van der Waals surface area contributed by atoms with Crippen LogP contribution in [-0.2, 0) is 0 Å². The molecule has 3 heteroatoms. The van der Waals surface area contributed by atoms with Crippen molar-refractivity contribution in [3.63, 3.8) is 0 Å². The first kappa shape index (κ1) is 16.5. The number of hydrogen-bond donors (Lipinski definition) is 1. The van der Waals surface area contributed by atoms with Crippen LogP contribution >= 0.6 is 0 Å². The Morgan fingerprint density at radius 1 is 0.962 bits per heavy atom. The molecule has 3 nitrogen and oxygen atoms in total. The summed E-state index contributed by atoms with van der Waals surface area (Å²) in [6.45, 7) is 2.25. The van der Waals surface area contributed by atoms with Gasteiger partial charge in [-0.3, -0.25) is 9.78 Å². The fraction of sp³-hybridized carbons (Fsp3) is 0.217. The first-order valence-corrected chi connectivity index (χ1v) is 9.16. The van der Waals surface area contributed by atoms with Crippen LogP contribution in [0.4, 0.5) is 5.69 Å². The number of rotatable bonds is 5. The zero-order chi connectivity index (χ0) is 17.9. The molecule has 1 aliphatic rings. The predicted octanol–water partition coefficient (Wildman–Crippen LogP) is 5.51. The number of nitrogens with one attached hydrogen (secondary N) is 1. The van der Waals surface area contributed by atoms with Crippen LogP contribution in [-0.4, -0.2) is 10.9 Å². The number of anilines is 1. The molecule has 1 amide bonds. The van der Waals surface area contributed by atoms with Crippen LogP contribution < -0.4 is 5.32 Å². The van der Waals surface area contributed by atoms with E-state index in [1.54, 1.807) is 12.4 Å². The SMILES string of the molecule is CCC1CC1c1ccc(NC(=O)c2ccc(-c3ccncc3)cc2)cc1. The van der Waals surface area contributed by atoms with Gasteiger partial charge in [-0.25, -0.2) is 0 Å². The van der Waals surface area contributed by atoms with Crippen LogP contribution in [0.5, 0.6) is 0 Å². The van der Waals surface area contributed by atoms with E-state index in [4.69, 9.17) is 0 Å². The molecule has 0 radical (unpaired) electrons. The predicted molar refractivity (Wildman–Crippen MR) is 105 cm³/mol. The van der Waals surface area contributed by atoms with Gasteiger partial charge in [0, 0.05) is 23.6 Å². The second kappa shape index (κ2) is 7.12. The average molecular weight is 342 g/mol. The number of hydrogen-bond acceptors (Lipinski definition) is 2. The lowest BCUT2D eigenvalue weighted by Gasteiger charge is -2.08. The normalized spacial score (nSPS) is 18.3. The highest BCUT2D eigenvalue weighted by atomic mass is 16.1. The molecule has 1 aromatic heterocycles. The quantitative estimate of drug-likeness (QED) is 0.664. The van der Waals surface area contributed by atoms with Crippen molar-refractivity contribution in [3.05, 3.63) is 84.2 Å². The molecule has 0 aliphatic heterocycles. The third-order valence-corrected chi connectivity index (χ3v) is 5.20. The third kappa shape index (κ3) is 3.52. The summed E-state index contributed by atoms with van der Waals surface area (Å²) in [4.78, 5) is 16.5. The monoisotopic (exact) mass is 342 g/mol. The van der Waals surface area contributed by atoms with Crippen LogP contribution in [0.25, 0.3) is 11.1 Å². The second-order valence-electron chi connectivity index (χ2n) is 6.90. The van der Waals surface area contributed by atoms with E-state index in [9.17, 15) is 4.79 Å². The third-order valence-electron chi connectivity index (χ3n) is 5.20. The maximum absolute atomic E-state index is 12.5. The molecule has 1 aliphatic carbocycles. The first-order chi connectivity index (χ1) is 12.7. The van der Waals surface area contributed by atoms with Gasteiger partial charge in [0.1, 0.15) is 0 Å². The number of aromatic nitrogens is 1. The summed E-state index contributed by atoms with van der Waals surface area (Å²) < 4.78 is 0. The van der Waals surface area contributed by atoms with E-state index in [0.717, 1.165) is 22.7 Å². The summed E-state index contributed by atoms with van der Waals surface area (Å²) >= 11 is 0. The number of nitrogens with zero attached hydrogens (tertiary/aromatic N) is 1. The van der Waals surface area contributed by atoms with Gasteiger partial charge in [-0.15, -0.1) is 0 Å². The standard InChI is InChI=1S/C23H22N2O/c1-2-16-15-22(16)19-7-9-21(10-8-19)25-23(26)20-5-3-17(4-6-20)18-11-13-24-14-12-18/h3-14,16,22H,2,15H2,1H3,(H,25,26). The largest absolute Gasteiger partial charge is 0.322 e. The number of amides is 1. The van der Waals surface area contributed by atoms with Crippen molar-refractivity contribution < 1.29 is 4.79 Å². The Bertz CT molecular complexity index is 886. The van der Waals surface area contributed by atoms with E-state index < -0.39 is 0 Å². The molecule has 26 heavy (non-hydrogen) atoms. The van der Waals surface area contributed by atoms with Crippen molar-refractivity contribution in [3.8, 4) is 11.1 Å². The molecule has 0 spiro atoms. The van der Waals surface area contributed by atoms with Crippen LogP contribution in [0.15, 0.2) is 73.1 Å². The van der Waals surface area contributed by atoms with E-state index in [1.165, 1.54) is 18.4 Å². The maximum Gasteiger partial charge on any atom is 0.255 e. The average Bonchev–Trinajstić information content (AvgIpc) is 3.49. The molecule has 0 bridgehead atoms. The van der Waals surface area contributed by atoms with Crippen LogP contribution in [0.1, 0.15) is 41.6 Å². The van der Waals surface area contributed by atoms with Gasteiger partial charge >= 0.3 is 0 Å². The summed E-state index contributed by atoms with van der Waals surface area (Å²) in [6.07, 6.45) is 6.08. The minimum absolute atomic E-state index is 0.0862. The Kier molecular flexibility index (Phi) is 4.53. The summed E-state index contributed by atoms with van der Waals surface area (Å²) in [6, 6.07) is 19.8. The molecule has 2 unspecified atom stereocenters. The Balaban J connectivity index is 1.41. The zero-order valence-electron chi connectivity index (χ0n) is 14.9. The van der Waals surface area contributed by atoms with E-state index in [-0.39, 0.29) is 5.91 Å². The Hall–Kier alpha value is -2.94. The highest BCUT2D eigenvalue weighted by Crippen LogP contribution is 2.49. The first-order valence-electron chi connectivity index (χ1n) is 9.16. The molecule has 3 aromatic rings. The number of pyridine rings is 1. The summed E-state index contributed by atoms with van der Waals surface area (Å²) in [5.41, 5.74) is 5.04. The van der Waals surface area contributed by atoms with Crippen molar-refractivity contribution >= 4 is 11.6 Å². The van der Waals surface area contributed by atoms with E-state index in [0.29, 0.717) is 11.5 Å². The summed E-state index contributed by atoms with van der Waals surface area (Å²) in [5, 5.41) is 2.98. The fourth-order valence-corrected chi connectivity index (χ4v) is 3.48. The molecule has 2 atom stereocenters. The highest BCUT2D eigenvalue weighted by molar-refractivity contribution is 6.04. The van der Waals surface area contributed by atoms with Gasteiger partial charge in [0.15, 0.2) is 0 Å². The molecule has 1 fully saturated rings. The lowest BCUT2D eigenvalue weighted by molar-refractivity contribution is 0.102. The molecule has 4 rings (SSSR count). The van der Waals surface area contributed by atoms with Crippen molar-refractivity contribution in [2.24, 2.45) is 5.92 Å². The molecule has 2 aromatic carbocycles. The van der Waals surface area contributed by atoms with Crippen LogP contribution in [0.2, 0.25) is 0 Å². The molecular weight excluding hydrogens is 320 g/mol. The topological polar surface area (TPSA) is 42.0 Å². The van der Waals surface area contributed by atoms with Gasteiger partial charge in [-0.2, -0.15) is 0 Å². The van der Waals surface area contributed by atoms with Gasteiger partial charge in [0.25, 0.3) is 5.91 Å². The lowest BCUT2D eigenvalue weighted by Crippen LogP contribution is -2.11. The zero-order valence-corrected chi connectivity index (χ0v) is 14.9. The molecular formula is C23H22N2O. The highest BCUT2D eigenvalue weighted by Gasteiger charge is 2.36. The van der Waals surface area contributed by atoms with Gasteiger partial charge in [-0.05, 0) is 71.3 Å². The maximum atomic E-state index is 12.5. The number of carbonyl (C=O) groups is 1. The van der Waals surface area contributed by atoms with Crippen molar-refractivity contribution in [2.45, 2.75) is 25.7 Å². The Labute approximate surface area is 154 Å². The van der Waals surface area contributed by atoms with Gasteiger partial charge in [0.2, 0.25) is 0 Å². The van der Waals surface area contributed by atoms with Crippen molar-refractivity contribution in [1.82, 2.24) is 4.98 Å². The molecule has 0 saturated heterocycles. The lowest BCUT2D eigenvalue weighted by atomic mass is 10.0. The smallest absolute Gasteiger partial charge is 0.255 e. The molecule has 130 valence electrons. The molecule has 1 N–H and O–H groups in total. The van der Waals surface area contributed by atoms with E-state index in [2.05, 4.69) is 29.4 Å². The fourth-order valence-electron chi connectivity index (χ4n) is 3.48. The van der Waals surface area contributed by atoms with Crippen molar-refractivity contribution in [1.29, 1.82) is 0 Å². The number of carbonyl (C=O) groups excluding carboxylic acids is 1. The Morgan fingerprint density at radius 3 is 2.23 bits per heavy atom. The summed E-state index contributed by atoms with van der Waals surface area (Å²) in [7, 11) is 0. The minimum Gasteiger partial charge on any atom is -0.322 e. The summed E-state index contributed by atoms with van der Waals surface area (Å²) in [5.74, 6) is 1.47. The number of benzene rings is 2. The van der Waals surface area contributed by atoms with Gasteiger partial charge in [0.05, 0.1) is 0 Å². The van der Waals surface area contributed by atoms with Gasteiger partial charge < -0.3 is 5.32 Å². The van der Waals surface area contributed by atoms with Gasteiger partial charge in [-0.1, -0.05) is 37.6 Å². The minimum atomic E-state index is -0.0862. The van der Waals surface area contributed by atoms with Crippen LogP contribution in [0, 0.1) is 5.92 Å². The van der Waals surface area contributed by atoms with Crippen LogP contribution in [0.3, 0.4) is 0 Å². The Morgan fingerprint density at radius 2 is 1.62 bits per heavy atom. The van der Waals surface area contributed by atoms with E-state index >= 15 is 0 Å². The molecule has 1 saturated carbocycles. The second-order valence-corrected chi connectivity index (χ2v) is 6.90. The molecule has 1 heterocycles. The van der Waals surface area contributed by atoms with Crippen molar-refractivity contribution in [2.75, 3.05) is 5.32 Å². The van der Waals surface area contributed by atoms with E-state index in [1.807, 2.05) is 48.5 Å².